The molecule has 3 rings (SSSR count). The van der Waals surface area contributed by atoms with Crippen molar-refractivity contribution >= 4 is 28.6 Å². The predicted molar refractivity (Wildman–Crippen MR) is 95.7 cm³/mol. The van der Waals surface area contributed by atoms with Crippen LogP contribution in [0.25, 0.3) is 10.9 Å². The van der Waals surface area contributed by atoms with Gasteiger partial charge in [-0.1, -0.05) is 11.8 Å². The summed E-state index contributed by atoms with van der Waals surface area (Å²) in [6, 6.07) is 7.89. The first-order valence-corrected chi connectivity index (χ1v) is 9.11. The maximum absolute atomic E-state index is 12.0. The van der Waals surface area contributed by atoms with Crippen LogP contribution in [0.5, 0.6) is 5.75 Å². The Labute approximate surface area is 146 Å². The van der Waals surface area contributed by atoms with Crippen LogP contribution in [0, 0.1) is 6.92 Å². The van der Waals surface area contributed by atoms with Gasteiger partial charge in [0, 0.05) is 24.6 Å². The number of nitrogens with zero attached hydrogens (tertiary/aromatic N) is 1. The number of ether oxygens (including phenoxy) is 2. The third-order valence-corrected chi connectivity index (χ3v) is 5.01. The molecule has 2 aromatic rings. The third kappa shape index (κ3) is 4.19. The van der Waals surface area contributed by atoms with Crippen molar-refractivity contribution in [3.63, 3.8) is 0 Å². The average molecular weight is 346 g/mol. The second-order valence-electron chi connectivity index (χ2n) is 5.89. The Bertz CT molecular complexity index is 730. The van der Waals surface area contributed by atoms with Crippen molar-refractivity contribution in [2.24, 2.45) is 0 Å². The van der Waals surface area contributed by atoms with Gasteiger partial charge in [-0.2, -0.15) is 0 Å². The van der Waals surface area contributed by atoms with E-state index in [0.717, 1.165) is 46.7 Å². The number of benzene rings is 1. The van der Waals surface area contributed by atoms with E-state index in [0.29, 0.717) is 12.3 Å². The van der Waals surface area contributed by atoms with Crippen LogP contribution in [0.2, 0.25) is 0 Å². The summed E-state index contributed by atoms with van der Waals surface area (Å²) >= 11 is 1.45. The number of fused-ring (bicyclic) bond motifs is 1. The van der Waals surface area contributed by atoms with Crippen molar-refractivity contribution < 1.29 is 14.3 Å². The zero-order valence-electron chi connectivity index (χ0n) is 14.0. The summed E-state index contributed by atoms with van der Waals surface area (Å²) in [7, 11) is 1.64. The zero-order chi connectivity index (χ0) is 16.9. The van der Waals surface area contributed by atoms with Crippen LogP contribution in [0.4, 0.5) is 0 Å². The summed E-state index contributed by atoms with van der Waals surface area (Å²) in [5.74, 6) is 1.15. The number of aryl methyl sites for hydroxylation is 1. The van der Waals surface area contributed by atoms with Gasteiger partial charge < -0.3 is 14.8 Å². The van der Waals surface area contributed by atoms with E-state index < -0.39 is 0 Å². The van der Waals surface area contributed by atoms with Gasteiger partial charge in [0.05, 0.1) is 29.5 Å². The van der Waals surface area contributed by atoms with E-state index in [1.165, 1.54) is 11.8 Å². The Morgan fingerprint density at radius 2 is 2.33 bits per heavy atom. The largest absolute Gasteiger partial charge is 0.497 e. The van der Waals surface area contributed by atoms with Crippen LogP contribution in [-0.4, -0.2) is 43.0 Å². The normalized spacial score (nSPS) is 17.2. The van der Waals surface area contributed by atoms with Crippen LogP contribution < -0.4 is 10.1 Å². The van der Waals surface area contributed by atoms with E-state index >= 15 is 0 Å². The number of amides is 1. The Balaban J connectivity index is 1.60. The minimum Gasteiger partial charge on any atom is -0.497 e. The number of thioether (sulfide) groups is 1. The molecule has 1 N–H and O–H groups in total. The maximum Gasteiger partial charge on any atom is 0.230 e. The van der Waals surface area contributed by atoms with Gasteiger partial charge >= 0.3 is 0 Å². The number of nitrogens with one attached hydrogen (secondary N) is 1. The number of carbonyl (C=O) groups excluding carboxylic acids is 1. The lowest BCUT2D eigenvalue weighted by Gasteiger charge is -2.11. The molecule has 128 valence electrons. The Morgan fingerprint density at radius 1 is 1.46 bits per heavy atom. The first kappa shape index (κ1) is 17.0. The highest BCUT2D eigenvalue weighted by Crippen LogP contribution is 2.26. The number of carbonyl (C=O) groups is 1. The zero-order valence-corrected chi connectivity index (χ0v) is 14.8. The molecule has 1 aromatic heterocycles. The van der Waals surface area contributed by atoms with E-state index in [4.69, 9.17) is 9.47 Å². The third-order valence-electron chi connectivity index (χ3n) is 4.10. The molecule has 1 saturated heterocycles. The second kappa shape index (κ2) is 7.85. The average Bonchev–Trinajstić information content (AvgIpc) is 3.11. The molecule has 1 aromatic carbocycles. The first-order chi connectivity index (χ1) is 11.7. The highest BCUT2D eigenvalue weighted by molar-refractivity contribution is 7.99. The summed E-state index contributed by atoms with van der Waals surface area (Å²) in [6.45, 7) is 3.46. The van der Waals surface area contributed by atoms with Crippen molar-refractivity contribution in [2.45, 2.75) is 30.9 Å². The van der Waals surface area contributed by atoms with Crippen molar-refractivity contribution in [1.29, 1.82) is 0 Å². The molecule has 0 unspecified atom stereocenters. The van der Waals surface area contributed by atoms with Crippen LogP contribution in [0.1, 0.15) is 18.4 Å². The summed E-state index contributed by atoms with van der Waals surface area (Å²) in [5.41, 5.74) is 2.03. The van der Waals surface area contributed by atoms with Gasteiger partial charge in [-0.3, -0.25) is 4.79 Å². The minimum absolute atomic E-state index is 0.0145. The summed E-state index contributed by atoms with van der Waals surface area (Å²) in [5, 5.41) is 4.88. The second-order valence-corrected chi connectivity index (χ2v) is 6.88. The molecule has 0 radical (unpaired) electrons. The smallest absolute Gasteiger partial charge is 0.230 e. The van der Waals surface area contributed by atoms with Gasteiger partial charge in [0.15, 0.2) is 0 Å². The summed E-state index contributed by atoms with van der Waals surface area (Å²) in [6.07, 6.45) is 2.28. The molecule has 0 aliphatic carbocycles. The van der Waals surface area contributed by atoms with Crippen LogP contribution in [0.3, 0.4) is 0 Å². The van der Waals surface area contributed by atoms with Crippen molar-refractivity contribution in [1.82, 2.24) is 10.3 Å². The maximum atomic E-state index is 12.0. The van der Waals surface area contributed by atoms with Gasteiger partial charge in [-0.15, -0.1) is 0 Å². The van der Waals surface area contributed by atoms with Gasteiger partial charge in [0.2, 0.25) is 5.91 Å². The molecule has 2 heterocycles. The Kier molecular flexibility index (Phi) is 5.58. The molecule has 0 saturated carbocycles. The van der Waals surface area contributed by atoms with Crippen LogP contribution in [0.15, 0.2) is 29.3 Å². The van der Waals surface area contributed by atoms with E-state index in [-0.39, 0.29) is 12.0 Å². The predicted octanol–water partition coefficient (Wildman–Crippen LogP) is 2.94. The number of pyridine rings is 1. The molecule has 24 heavy (non-hydrogen) atoms. The summed E-state index contributed by atoms with van der Waals surface area (Å²) in [4.78, 5) is 16.6. The molecule has 6 heteroatoms. The monoisotopic (exact) mass is 346 g/mol. The topological polar surface area (TPSA) is 60.5 Å². The Morgan fingerprint density at radius 3 is 3.08 bits per heavy atom. The number of hydrogen-bond donors (Lipinski definition) is 1. The fraction of sp³-hybridized carbons (Fsp3) is 0.444. The number of methoxy groups -OCH3 is 1. The van der Waals surface area contributed by atoms with Crippen molar-refractivity contribution in [2.75, 3.05) is 26.0 Å². The van der Waals surface area contributed by atoms with Gasteiger partial charge in [0.1, 0.15) is 5.75 Å². The molecule has 1 fully saturated rings. The lowest BCUT2D eigenvalue weighted by molar-refractivity contribution is -0.119. The molecule has 1 atom stereocenters. The molecule has 0 spiro atoms. The quantitative estimate of drug-likeness (QED) is 0.815. The molecule has 0 bridgehead atoms. The Hall–Kier alpha value is -1.79. The molecular weight excluding hydrogens is 324 g/mol. The standard InChI is InChI=1S/C18H22N2O3S/c1-12-8-18(20-16-9-13(22-2)5-6-15(12)16)24-11-17(21)19-10-14-4-3-7-23-14/h5-6,8-9,14H,3-4,7,10-11H2,1-2H3,(H,19,21)/t14-/m1/s1. The molecule has 1 aliphatic rings. The minimum atomic E-state index is 0.0145. The highest BCUT2D eigenvalue weighted by Gasteiger charge is 2.16. The number of rotatable bonds is 6. The molecule has 1 aliphatic heterocycles. The van der Waals surface area contributed by atoms with Crippen molar-refractivity contribution in [3.8, 4) is 5.75 Å². The van der Waals surface area contributed by atoms with E-state index in [9.17, 15) is 4.79 Å². The van der Waals surface area contributed by atoms with Gasteiger partial charge in [-0.05, 0) is 43.5 Å². The lowest BCUT2D eigenvalue weighted by Crippen LogP contribution is -2.32. The lowest BCUT2D eigenvalue weighted by atomic mass is 10.1. The summed E-state index contributed by atoms with van der Waals surface area (Å²) < 4.78 is 10.8. The SMILES string of the molecule is COc1ccc2c(C)cc(SCC(=O)NC[C@H]3CCCO3)nc2c1. The fourth-order valence-electron chi connectivity index (χ4n) is 2.78. The molecule has 5 nitrogen and oxygen atoms in total. The van der Waals surface area contributed by atoms with E-state index in [1.807, 2.05) is 24.3 Å². The first-order valence-electron chi connectivity index (χ1n) is 8.12. The number of aromatic nitrogens is 1. The van der Waals surface area contributed by atoms with E-state index in [1.54, 1.807) is 7.11 Å². The van der Waals surface area contributed by atoms with Crippen molar-refractivity contribution in [3.05, 3.63) is 29.8 Å². The fourth-order valence-corrected chi connectivity index (χ4v) is 3.58. The van der Waals surface area contributed by atoms with Crippen LogP contribution in [-0.2, 0) is 9.53 Å². The van der Waals surface area contributed by atoms with Gasteiger partial charge in [0.25, 0.3) is 0 Å². The number of hydrogen-bond acceptors (Lipinski definition) is 5. The van der Waals surface area contributed by atoms with Gasteiger partial charge in [-0.25, -0.2) is 4.98 Å². The molecular formula is C18H22N2O3S. The van der Waals surface area contributed by atoms with E-state index in [2.05, 4.69) is 17.2 Å². The molecule has 1 amide bonds. The van der Waals surface area contributed by atoms with Crippen LogP contribution >= 0.6 is 11.8 Å². The highest BCUT2D eigenvalue weighted by atomic mass is 32.2.